The molecule has 9 nitrogen and oxygen atoms in total. The molecule has 0 fully saturated rings. The first-order valence-corrected chi connectivity index (χ1v) is 9.01. The van der Waals surface area contributed by atoms with Crippen molar-refractivity contribution < 1.29 is 37.3 Å². The van der Waals surface area contributed by atoms with Gasteiger partial charge in [0.25, 0.3) is 5.56 Å². The molecule has 0 amide bonds. The summed E-state index contributed by atoms with van der Waals surface area (Å²) in [6.07, 6.45) is -4.06. The Hall–Kier alpha value is -3.12. The van der Waals surface area contributed by atoms with Gasteiger partial charge in [0.1, 0.15) is 17.9 Å². The predicted molar refractivity (Wildman–Crippen MR) is 103 cm³/mol. The van der Waals surface area contributed by atoms with E-state index in [1.54, 1.807) is 24.3 Å². The minimum atomic E-state index is -4.95. The molecule has 12 heteroatoms. The maximum atomic E-state index is 13.7. The van der Waals surface area contributed by atoms with Crippen LogP contribution in [0.3, 0.4) is 0 Å². The number of aliphatic carboxylic acids is 1. The van der Waals surface area contributed by atoms with E-state index < -0.39 is 41.6 Å². The van der Waals surface area contributed by atoms with E-state index in [1.165, 1.54) is 14.2 Å². The quantitative estimate of drug-likeness (QED) is 0.539. The molecule has 2 N–H and O–H groups in total. The summed E-state index contributed by atoms with van der Waals surface area (Å²) in [5, 5.41) is 15.0. The molecule has 1 aromatic carbocycles. The van der Waals surface area contributed by atoms with Gasteiger partial charge in [0.2, 0.25) is 0 Å². The van der Waals surface area contributed by atoms with Gasteiger partial charge in [-0.25, -0.2) is 9.48 Å². The van der Waals surface area contributed by atoms with Crippen molar-refractivity contribution in [2.75, 3.05) is 39.4 Å². The summed E-state index contributed by atoms with van der Waals surface area (Å²) in [7, 11) is 2.80. The fourth-order valence-electron chi connectivity index (χ4n) is 2.73. The maximum Gasteiger partial charge on any atom is 0.423 e. The molecule has 0 unspecified atom stereocenters. The molecule has 0 aliphatic carbocycles. The van der Waals surface area contributed by atoms with Crippen LogP contribution in [-0.2, 0) is 27.0 Å². The van der Waals surface area contributed by atoms with Crippen molar-refractivity contribution in [1.82, 2.24) is 9.78 Å². The zero-order chi connectivity index (χ0) is 23.0. The lowest BCUT2D eigenvalue weighted by Gasteiger charge is -2.21. The lowest BCUT2D eigenvalue weighted by atomic mass is 10.2. The first-order chi connectivity index (χ1) is 14.7. The molecule has 0 spiro atoms. The van der Waals surface area contributed by atoms with Crippen LogP contribution in [0.15, 0.2) is 35.3 Å². The molecule has 0 saturated carbocycles. The van der Waals surface area contributed by atoms with Crippen LogP contribution >= 0.6 is 0 Å². The number of nitrogens with zero attached hydrogens (tertiary/aromatic N) is 2. The second kappa shape index (κ2) is 10.8. The van der Waals surface area contributed by atoms with E-state index in [0.717, 1.165) is 6.20 Å². The highest BCUT2D eigenvalue weighted by Gasteiger charge is 2.38. The number of hydrogen-bond donors (Lipinski definition) is 2. The number of carboxylic acids is 1. The topological polar surface area (TPSA) is 112 Å². The van der Waals surface area contributed by atoms with Gasteiger partial charge in [0, 0.05) is 7.11 Å². The predicted octanol–water partition coefficient (Wildman–Crippen LogP) is 1.85. The summed E-state index contributed by atoms with van der Waals surface area (Å²) in [6.45, 7) is -1.15. The summed E-state index contributed by atoms with van der Waals surface area (Å²) >= 11 is 0. The number of carbonyl (C=O) groups is 1. The molecule has 1 atom stereocenters. The van der Waals surface area contributed by atoms with Gasteiger partial charge in [0.05, 0.1) is 44.8 Å². The summed E-state index contributed by atoms with van der Waals surface area (Å²) in [5.41, 5.74) is -2.74. The first kappa shape index (κ1) is 24.2. The molecule has 170 valence electrons. The number of ether oxygens (including phenoxy) is 3. The molecule has 0 saturated heterocycles. The van der Waals surface area contributed by atoms with Gasteiger partial charge in [-0.05, 0) is 17.7 Å². The smallest absolute Gasteiger partial charge is 0.423 e. The van der Waals surface area contributed by atoms with Crippen molar-refractivity contribution in [3.05, 3.63) is 51.9 Å². The number of halogens is 3. The van der Waals surface area contributed by atoms with Gasteiger partial charge in [-0.3, -0.25) is 4.79 Å². The van der Waals surface area contributed by atoms with E-state index in [4.69, 9.17) is 19.3 Å². The third kappa shape index (κ3) is 6.96. The van der Waals surface area contributed by atoms with E-state index in [1.807, 2.05) is 0 Å². The van der Waals surface area contributed by atoms with Crippen molar-refractivity contribution in [1.29, 1.82) is 0 Å². The standard InChI is InChI=1S/C19H22F3N3O6/c1-29-9-13(10-31-11-16(26)27)24-15-7-23-25(18(28)17(15)19(20,21)22)8-12-3-5-14(30-2)6-4-12/h3-7,13,24H,8-11H2,1-2H3,(H,26,27)/t13-/m0/s1. The van der Waals surface area contributed by atoms with E-state index in [0.29, 0.717) is 16.0 Å². The number of anilines is 1. The Balaban J connectivity index is 2.31. The zero-order valence-electron chi connectivity index (χ0n) is 16.8. The zero-order valence-corrected chi connectivity index (χ0v) is 16.8. The minimum absolute atomic E-state index is 0.0914. The Morgan fingerprint density at radius 2 is 1.90 bits per heavy atom. The number of aromatic nitrogens is 2. The fraction of sp³-hybridized carbons (Fsp3) is 0.421. The molecule has 0 radical (unpaired) electrons. The Kier molecular flexibility index (Phi) is 8.39. The molecular formula is C19H22F3N3O6. The van der Waals surface area contributed by atoms with Gasteiger partial charge in [-0.2, -0.15) is 18.3 Å². The normalized spacial score (nSPS) is 12.4. The molecule has 0 bridgehead atoms. The molecule has 1 aromatic heterocycles. The third-order valence-electron chi connectivity index (χ3n) is 4.09. The second-order valence-electron chi connectivity index (χ2n) is 6.45. The van der Waals surface area contributed by atoms with Crippen LogP contribution in [0.5, 0.6) is 5.75 Å². The highest BCUT2D eigenvalue weighted by molar-refractivity contribution is 5.68. The monoisotopic (exact) mass is 445 g/mol. The number of methoxy groups -OCH3 is 2. The van der Waals surface area contributed by atoms with Crippen LogP contribution in [0, 0.1) is 0 Å². The average molecular weight is 445 g/mol. The van der Waals surface area contributed by atoms with Gasteiger partial charge in [-0.1, -0.05) is 12.1 Å². The molecule has 31 heavy (non-hydrogen) atoms. The Labute approximate surface area is 175 Å². The number of hydrogen-bond acceptors (Lipinski definition) is 7. The number of carboxylic acid groups (broad SMARTS) is 1. The number of rotatable bonds is 11. The van der Waals surface area contributed by atoms with Gasteiger partial charge in [-0.15, -0.1) is 0 Å². The highest BCUT2D eigenvalue weighted by Crippen LogP contribution is 2.32. The lowest BCUT2D eigenvalue weighted by molar-refractivity contribution is -0.142. The average Bonchev–Trinajstić information content (AvgIpc) is 2.69. The van der Waals surface area contributed by atoms with E-state index in [2.05, 4.69) is 10.4 Å². The maximum absolute atomic E-state index is 13.7. The summed E-state index contributed by atoms with van der Waals surface area (Å²) in [6, 6.07) is 5.62. The molecular weight excluding hydrogens is 423 g/mol. The van der Waals surface area contributed by atoms with Crippen molar-refractivity contribution >= 4 is 11.7 Å². The largest absolute Gasteiger partial charge is 0.497 e. The van der Waals surface area contributed by atoms with Crippen molar-refractivity contribution in [3.63, 3.8) is 0 Å². The second-order valence-corrected chi connectivity index (χ2v) is 6.45. The van der Waals surface area contributed by atoms with Crippen LogP contribution < -0.4 is 15.6 Å². The highest BCUT2D eigenvalue weighted by atomic mass is 19.4. The van der Waals surface area contributed by atoms with Crippen LogP contribution in [0.1, 0.15) is 11.1 Å². The Morgan fingerprint density at radius 1 is 1.23 bits per heavy atom. The van der Waals surface area contributed by atoms with Gasteiger partial charge in [0.15, 0.2) is 0 Å². The summed E-state index contributed by atoms with van der Waals surface area (Å²) in [4.78, 5) is 23.1. The first-order valence-electron chi connectivity index (χ1n) is 9.01. The Bertz CT molecular complexity index is 931. The number of nitrogens with one attached hydrogen (secondary N) is 1. The van der Waals surface area contributed by atoms with Crippen molar-refractivity contribution in [3.8, 4) is 5.75 Å². The van der Waals surface area contributed by atoms with Crippen LogP contribution in [0.25, 0.3) is 0 Å². The number of benzene rings is 1. The van der Waals surface area contributed by atoms with Crippen LogP contribution in [0.2, 0.25) is 0 Å². The molecule has 0 aliphatic rings. The number of alkyl halides is 3. The van der Waals surface area contributed by atoms with Gasteiger partial charge >= 0.3 is 12.1 Å². The van der Waals surface area contributed by atoms with Gasteiger partial charge < -0.3 is 24.6 Å². The third-order valence-corrected chi connectivity index (χ3v) is 4.09. The van der Waals surface area contributed by atoms with Crippen LogP contribution in [0.4, 0.5) is 18.9 Å². The molecule has 0 aliphatic heterocycles. The summed E-state index contributed by atoms with van der Waals surface area (Å²) in [5.74, 6) is -0.663. The Morgan fingerprint density at radius 3 is 2.45 bits per heavy atom. The SMILES string of the molecule is COC[C@@H](COCC(=O)O)Nc1cnn(Cc2ccc(OC)cc2)c(=O)c1C(F)(F)F. The van der Waals surface area contributed by atoms with Crippen molar-refractivity contribution in [2.24, 2.45) is 0 Å². The van der Waals surface area contributed by atoms with Crippen molar-refractivity contribution in [2.45, 2.75) is 18.8 Å². The molecule has 2 rings (SSSR count). The van der Waals surface area contributed by atoms with E-state index in [-0.39, 0.29) is 19.8 Å². The van der Waals surface area contributed by atoms with Crippen LogP contribution in [-0.4, -0.2) is 60.9 Å². The molecule has 1 heterocycles. The minimum Gasteiger partial charge on any atom is -0.497 e. The molecule has 2 aromatic rings. The fourth-order valence-corrected chi connectivity index (χ4v) is 2.73. The van der Waals surface area contributed by atoms with E-state index >= 15 is 0 Å². The lowest BCUT2D eigenvalue weighted by Crippen LogP contribution is -2.36. The van der Waals surface area contributed by atoms with E-state index in [9.17, 15) is 22.8 Å². The summed E-state index contributed by atoms with van der Waals surface area (Å²) < 4.78 is 56.6.